The summed E-state index contributed by atoms with van der Waals surface area (Å²) < 4.78 is 21.8. The minimum Gasteiger partial charge on any atom is -0.453 e. The number of rotatable bonds is 6. The summed E-state index contributed by atoms with van der Waals surface area (Å²) in [5.74, 6) is -0.356. The van der Waals surface area contributed by atoms with Crippen molar-refractivity contribution in [3.05, 3.63) is 103 Å². The number of fused-ring (bicyclic) bond motifs is 1. The summed E-state index contributed by atoms with van der Waals surface area (Å²) in [4.78, 5) is 47.3. The highest BCUT2D eigenvalue weighted by Gasteiger charge is 2.34. The predicted molar refractivity (Wildman–Crippen MR) is 164 cm³/mol. The van der Waals surface area contributed by atoms with E-state index in [1.807, 2.05) is 36.4 Å². The fourth-order valence-electron chi connectivity index (χ4n) is 4.72. The SMILES string of the molecule is CN(C)C(=O)c1ccc(-c2cc3nccc(Oc4ccc(NC(=O)N5CCN(c6ccccc6)C5=O)cc4F)c3s2)cc1. The first-order valence-electron chi connectivity index (χ1n) is 13.4. The summed E-state index contributed by atoms with van der Waals surface area (Å²) in [6, 6.07) is 23.0. The topological polar surface area (TPSA) is 95.1 Å². The van der Waals surface area contributed by atoms with Crippen molar-refractivity contribution >= 4 is 50.9 Å². The molecule has 5 aromatic rings. The molecule has 0 atom stereocenters. The van der Waals surface area contributed by atoms with E-state index in [2.05, 4.69) is 10.3 Å². The predicted octanol–water partition coefficient (Wildman–Crippen LogP) is 7.07. The lowest BCUT2D eigenvalue weighted by Gasteiger charge is -2.18. The van der Waals surface area contributed by atoms with Crippen LogP contribution in [0.15, 0.2) is 91.1 Å². The van der Waals surface area contributed by atoms with Crippen molar-refractivity contribution in [2.24, 2.45) is 0 Å². The number of amides is 5. The van der Waals surface area contributed by atoms with E-state index in [0.717, 1.165) is 26.1 Å². The molecule has 6 rings (SSSR count). The first-order chi connectivity index (χ1) is 20.8. The molecule has 3 aromatic carbocycles. The van der Waals surface area contributed by atoms with E-state index in [0.29, 0.717) is 29.1 Å². The average molecular weight is 596 g/mol. The second-order valence-electron chi connectivity index (χ2n) is 10.0. The number of hydrogen-bond donors (Lipinski definition) is 1. The molecule has 9 nitrogen and oxygen atoms in total. The second kappa shape index (κ2) is 11.5. The van der Waals surface area contributed by atoms with Crippen molar-refractivity contribution in [1.29, 1.82) is 0 Å². The van der Waals surface area contributed by atoms with Gasteiger partial charge in [0.1, 0.15) is 5.75 Å². The van der Waals surface area contributed by atoms with Gasteiger partial charge in [-0.3, -0.25) is 14.7 Å². The first kappa shape index (κ1) is 27.9. The first-order valence-corrected chi connectivity index (χ1v) is 14.2. The smallest absolute Gasteiger partial charge is 0.332 e. The average Bonchev–Trinajstić information content (AvgIpc) is 3.63. The number of benzene rings is 3. The van der Waals surface area contributed by atoms with Gasteiger partial charge in [0.25, 0.3) is 5.91 Å². The molecule has 1 N–H and O–H groups in total. The highest BCUT2D eigenvalue weighted by molar-refractivity contribution is 7.22. The lowest BCUT2D eigenvalue weighted by Crippen LogP contribution is -2.39. The van der Waals surface area contributed by atoms with E-state index in [4.69, 9.17) is 4.74 Å². The Labute approximate surface area is 250 Å². The zero-order valence-electron chi connectivity index (χ0n) is 23.3. The van der Waals surface area contributed by atoms with Crippen LogP contribution >= 0.6 is 11.3 Å². The van der Waals surface area contributed by atoms with Gasteiger partial charge >= 0.3 is 12.1 Å². The van der Waals surface area contributed by atoms with Crippen LogP contribution in [-0.2, 0) is 0 Å². The van der Waals surface area contributed by atoms with E-state index in [9.17, 15) is 14.4 Å². The number of carbonyl (C=O) groups is 3. The number of nitrogens with one attached hydrogen (secondary N) is 1. The van der Waals surface area contributed by atoms with Gasteiger partial charge in [0.05, 0.1) is 16.8 Å². The van der Waals surface area contributed by atoms with Crippen molar-refractivity contribution in [3.8, 4) is 21.9 Å². The Morgan fingerprint density at radius 3 is 2.44 bits per heavy atom. The molecule has 5 amide bonds. The summed E-state index contributed by atoms with van der Waals surface area (Å²) in [7, 11) is 3.41. The molecule has 2 aromatic heterocycles. The van der Waals surface area contributed by atoms with Gasteiger partial charge in [-0.15, -0.1) is 11.3 Å². The van der Waals surface area contributed by atoms with Crippen molar-refractivity contribution < 1.29 is 23.5 Å². The highest BCUT2D eigenvalue weighted by Crippen LogP contribution is 2.40. The maximum atomic E-state index is 15.1. The number of anilines is 2. The summed E-state index contributed by atoms with van der Waals surface area (Å²) >= 11 is 1.44. The lowest BCUT2D eigenvalue weighted by atomic mass is 10.1. The normalized spacial score (nSPS) is 13.0. The number of hydrogen-bond acceptors (Lipinski definition) is 6. The molecule has 43 heavy (non-hydrogen) atoms. The number of nitrogens with zero attached hydrogens (tertiary/aromatic N) is 4. The van der Waals surface area contributed by atoms with Gasteiger partial charge in [0.2, 0.25) is 0 Å². The molecule has 1 fully saturated rings. The molecule has 11 heteroatoms. The van der Waals surface area contributed by atoms with E-state index in [1.165, 1.54) is 33.3 Å². The maximum Gasteiger partial charge on any atom is 0.332 e. The number of halogens is 1. The number of urea groups is 2. The molecule has 0 aliphatic carbocycles. The van der Waals surface area contributed by atoms with Crippen LogP contribution < -0.4 is 15.0 Å². The summed E-state index contributed by atoms with van der Waals surface area (Å²) in [6.07, 6.45) is 1.59. The Morgan fingerprint density at radius 2 is 1.72 bits per heavy atom. The molecule has 0 bridgehead atoms. The molecular weight excluding hydrogens is 569 g/mol. The van der Waals surface area contributed by atoms with Gasteiger partial charge in [-0.05, 0) is 48.0 Å². The fraction of sp³-hybridized carbons (Fsp3) is 0.125. The maximum absolute atomic E-state index is 15.1. The Bertz CT molecular complexity index is 1840. The van der Waals surface area contributed by atoms with Crippen LogP contribution in [0.2, 0.25) is 0 Å². The monoisotopic (exact) mass is 595 g/mol. The Morgan fingerprint density at radius 1 is 0.953 bits per heavy atom. The van der Waals surface area contributed by atoms with Crippen molar-refractivity contribution in [2.45, 2.75) is 0 Å². The van der Waals surface area contributed by atoms with Crippen LogP contribution in [0.1, 0.15) is 10.4 Å². The van der Waals surface area contributed by atoms with Crippen LogP contribution in [0.4, 0.5) is 25.4 Å². The molecular formula is C32H26FN5O4S. The van der Waals surface area contributed by atoms with Crippen LogP contribution in [-0.4, -0.2) is 59.9 Å². The summed E-state index contributed by atoms with van der Waals surface area (Å²) in [6.45, 7) is 0.576. The zero-order valence-corrected chi connectivity index (χ0v) is 24.1. The standard InChI is InChI=1S/C32H26FN5O4S/c1-36(2)30(39)21-10-8-20(9-11-21)28-19-25-29(43-28)27(14-15-34-25)42-26-13-12-22(18-24(26)33)35-31(40)38-17-16-37(32(38)41)23-6-4-3-5-7-23/h3-15,18-19H,16-17H2,1-2H3,(H,35,40). The largest absolute Gasteiger partial charge is 0.453 e. The minimum atomic E-state index is -0.681. The summed E-state index contributed by atoms with van der Waals surface area (Å²) in [5, 5.41) is 2.60. The summed E-state index contributed by atoms with van der Waals surface area (Å²) in [5.41, 5.74) is 3.09. The van der Waals surface area contributed by atoms with Gasteiger partial charge in [-0.25, -0.2) is 18.9 Å². The molecule has 0 saturated carbocycles. The molecule has 0 spiro atoms. The van der Waals surface area contributed by atoms with E-state index in [-0.39, 0.29) is 23.9 Å². The number of ether oxygens (including phenoxy) is 1. The fourth-order valence-corrected chi connectivity index (χ4v) is 5.79. The molecule has 0 unspecified atom stereocenters. The third-order valence-corrected chi connectivity index (χ3v) is 8.11. The van der Waals surface area contributed by atoms with Crippen LogP contribution in [0.3, 0.4) is 0 Å². The highest BCUT2D eigenvalue weighted by atomic mass is 32.1. The van der Waals surface area contributed by atoms with Crippen LogP contribution in [0.5, 0.6) is 11.5 Å². The zero-order chi connectivity index (χ0) is 30.1. The van der Waals surface area contributed by atoms with Crippen molar-refractivity contribution in [1.82, 2.24) is 14.8 Å². The number of aromatic nitrogens is 1. The Kier molecular flexibility index (Phi) is 7.47. The van der Waals surface area contributed by atoms with Gasteiger partial charge < -0.3 is 15.0 Å². The number of para-hydroxylation sites is 1. The van der Waals surface area contributed by atoms with E-state index >= 15 is 4.39 Å². The second-order valence-corrected chi connectivity index (χ2v) is 11.1. The Balaban J connectivity index is 1.16. The van der Waals surface area contributed by atoms with Crippen molar-refractivity contribution in [3.63, 3.8) is 0 Å². The van der Waals surface area contributed by atoms with E-state index < -0.39 is 17.9 Å². The molecule has 1 aliphatic heterocycles. The minimum absolute atomic E-state index is 0.0282. The van der Waals surface area contributed by atoms with Crippen molar-refractivity contribution in [2.75, 3.05) is 37.4 Å². The van der Waals surface area contributed by atoms with Crippen LogP contribution in [0, 0.1) is 5.82 Å². The number of carbonyl (C=O) groups excluding carboxylic acids is 3. The van der Waals surface area contributed by atoms with Gasteiger partial charge in [-0.2, -0.15) is 0 Å². The third-order valence-electron chi connectivity index (χ3n) is 6.92. The molecule has 3 heterocycles. The molecule has 216 valence electrons. The molecule has 1 saturated heterocycles. The van der Waals surface area contributed by atoms with E-state index in [1.54, 1.807) is 50.6 Å². The van der Waals surface area contributed by atoms with Crippen LogP contribution in [0.25, 0.3) is 20.7 Å². The lowest BCUT2D eigenvalue weighted by molar-refractivity contribution is 0.0827. The Hall–Kier alpha value is -5.29. The quantitative estimate of drug-likeness (QED) is 0.227. The molecule has 1 aliphatic rings. The molecule has 0 radical (unpaired) electrons. The van der Waals surface area contributed by atoms with Gasteiger partial charge in [0, 0.05) is 60.8 Å². The van der Waals surface area contributed by atoms with Gasteiger partial charge in [-0.1, -0.05) is 30.3 Å². The van der Waals surface area contributed by atoms with Gasteiger partial charge in [0.15, 0.2) is 11.6 Å². The number of imide groups is 1. The number of thiophene rings is 1. The number of pyridine rings is 1. The third kappa shape index (κ3) is 5.62.